The fourth-order valence-corrected chi connectivity index (χ4v) is 3.44. The number of halogens is 1. The monoisotopic (exact) mass is 498 g/mol. The van der Waals surface area contributed by atoms with Crippen LogP contribution in [0.3, 0.4) is 0 Å². The van der Waals surface area contributed by atoms with E-state index in [2.05, 4.69) is 21.2 Å². The number of primary amides is 1. The molecule has 0 spiro atoms. The number of rotatable bonds is 9. The van der Waals surface area contributed by atoms with E-state index in [0.29, 0.717) is 5.56 Å². The lowest BCUT2D eigenvalue weighted by atomic mass is 9.98. The molecule has 0 aliphatic heterocycles. The molecule has 32 heavy (non-hydrogen) atoms. The summed E-state index contributed by atoms with van der Waals surface area (Å²) in [6, 6.07) is 20.1. The molecule has 8 heteroatoms. The van der Waals surface area contributed by atoms with Crippen molar-refractivity contribution in [3.63, 3.8) is 0 Å². The number of hydrogen-bond acceptors (Lipinski definition) is 5. The molecule has 3 rings (SSSR count). The lowest BCUT2D eigenvalue weighted by Gasteiger charge is -2.21. The third-order valence-electron chi connectivity index (χ3n) is 4.69. The van der Waals surface area contributed by atoms with Crippen LogP contribution >= 0.6 is 15.9 Å². The molecule has 0 fully saturated rings. The van der Waals surface area contributed by atoms with Crippen molar-refractivity contribution < 1.29 is 23.8 Å². The van der Waals surface area contributed by atoms with Crippen LogP contribution in [-0.2, 0) is 4.79 Å². The largest absolute Gasteiger partial charge is 0.493 e. The molecule has 3 aromatic rings. The topological polar surface area (TPSA) is 99.9 Å². The van der Waals surface area contributed by atoms with Crippen molar-refractivity contribution in [3.05, 3.63) is 87.9 Å². The van der Waals surface area contributed by atoms with Crippen molar-refractivity contribution in [1.29, 1.82) is 0 Å². The van der Waals surface area contributed by atoms with Gasteiger partial charge in [0.2, 0.25) is 5.75 Å². The van der Waals surface area contributed by atoms with Crippen molar-refractivity contribution in [2.75, 3.05) is 20.8 Å². The van der Waals surface area contributed by atoms with Crippen LogP contribution in [0.1, 0.15) is 27.5 Å². The summed E-state index contributed by atoms with van der Waals surface area (Å²) in [6.07, 6.45) is 0. The van der Waals surface area contributed by atoms with E-state index in [1.807, 2.05) is 54.6 Å². The summed E-state index contributed by atoms with van der Waals surface area (Å²) in [5.74, 6) is -0.292. The van der Waals surface area contributed by atoms with Gasteiger partial charge >= 0.3 is 0 Å². The first kappa shape index (κ1) is 23.1. The molecule has 0 bridgehead atoms. The number of carbonyl (C=O) groups excluding carboxylic acids is 2. The molecular formula is C24H23BrN2O5. The van der Waals surface area contributed by atoms with Gasteiger partial charge in [0.25, 0.3) is 11.8 Å². The lowest BCUT2D eigenvalue weighted by Crippen LogP contribution is -2.29. The van der Waals surface area contributed by atoms with Crippen LogP contribution in [0, 0.1) is 0 Å². The van der Waals surface area contributed by atoms with E-state index in [4.69, 9.17) is 19.9 Å². The molecule has 3 aromatic carbocycles. The van der Waals surface area contributed by atoms with Crippen molar-refractivity contribution in [1.82, 2.24) is 5.32 Å². The van der Waals surface area contributed by atoms with E-state index in [0.717, 1.165) is 15.6 Å². The average Bonchev–Trinajstić information content (AvgIpc) is 2.81. The van der Waals surface area contributed by atoms with Gasteiger partial charge in [0.1, 0.15) is 0 Å². The van der Waals surface area contributed by atoms with Crippen LogP contribution in [0.5, 0.6) is 17.2 Å². The highest BCUT2D eigenvalue weighted by Gasteiger charge is 2.22. The third-order valence-corrected chi connectivity index (χ3v) is 5.22. The Bertz CT molecular complexity index is 1060. The van der Waals surface area contributed by atoms with Crippen LogP contribution in [0.15, 0.2) is 71.2 Å². The van der Waals surface area contributed by atoms with Crippen LogP contribution in [0.4, 0.5) is 0 Å². The molecule has 0 heterocycles. The minimum Gasteiger partial charge on any atom is -0.493 e. The molecule has 0 radical (unpaired) electrons. The Kier molecular flexibility index (Phi) is 7.72. The van der Waals surface area contributed by atoms with Gasteiger partial charge in [-0.3, -0.25) is 9.59 Å². The molecular weight excluding hydrogens is 476 g/mol. The van der Waals surface area contributed by atoms with Gasteiger partial charge in [-0.25, -0.2) is 0 Å². The van der Waals surface area contributed by atoms with Gasteiger partial charge in [-0.2, -0.15) is 0 Å². The van der Waals surface area contributed by atoms with Gasteiger partial charge < -0.3 is 25.3 Å². The summed E-state index contributed by atoms with van der Waals surface area (Å²) in [5.41, 5.74) is 7.33. The number of hydrogen-bond donors (Lipinski definition) is 2. The second kappa shape index (κ2) is 10.7. The average molecular weight is 499 g/mol. The number of nitrogens with two attached hydrogens (primary N) is 1. The highest BCUT2D eigenvalue weighted by Crippen LogP contribution is 2.38. The highest BCUT2D eigenvalue weighted by atomic mass is 79.9. The summed E-state index contributed by atoms with van der Waals surface area (Å²) in [4.78, 5) is 24.3. The van der Waals surface area contributed by atoms with Crippen molar-refractivity contribution >= 4 is 27.7 Å². The standard InChI is InChI=1S/C24H23BrN2O5/c1-30-19-12-17(13-20(31-2)23(19)32-14-21(26)28)24(29)27-22(15-6-4-3-5-7-15)16-8-10-18(25)11-9-16/h3-13,22H,14H2,1-2H3,(H2,26,28)(H,27,29). The second-order valence-corrected chi connectivity index (χ2v) is 7.75. The summed E-state index contributed by atoms with van der Waals surface area (Å²) in [7, 11) is 2.87. The number of ether oxygens (including phenoxy) is 3. The summed E-state index contributed by atoms with van der Waals surface area (Å²) >= 11 is 3.44. The SMILES string of the molecule is COc1cc(C(=O)NC(c2ccccc2)c2ccc(Br)cc2)cc(OC)c1OCC(N)=O. The Hall–Kier alpha value is -3.52. The van der Waals surface area contributed by atoms with Gasteiger partial charge in [-0.05, 0) is 35.4 Å². The minimum atomic E-state index is -0.642. The molecule has 1 atom stereocenters. The number of nitrogens with one attached hydrogen (secondary N) is 1. The Balaban J connectivity index is 1.95. The van der Waals surface area contributed by atoms with Gasteiger partial charge in [-0.1, -0.05) is 58.4 Å². The molecule has 0 saturated carbocycles. The molecule has 166 valence electrons. The van der Waals surface area contributed by atoms with E-state index >= 15 is 0 Å². The fourth-order valence-electron chi connectivity index (χ4n) is 3.17. The molecule has 0 aliphatic rings. The molecule has 0 saturated heterocycles. The molecule has 3 N–H and O–H groups in total. The normalized spacial score (nSPS) is 11.3. The first-order chi connectivity index (χ1) is 15.4. The quantitative estimate of drug-likeness (QED) is 0.466. The first-order valence-electron chi connectivity index (χ1n) is 9.71. The Morgan fingerprint density at radius 1 is 0.938 bits per heavy atom. The Labute approximate surface area is 194 Å². The number of methoxy groups -OCH3 is 2. The number of carbonyl (C=O) groups is 2. The smallest absolute Gasteiger partial charge is 0.255 e. The van der Waals surface area contributed by atoms with Crippen LogP contribution < -0.4 is 25.3 Å². The van der Waals surface area contributed by atoms with Gasteiger partial charge in [0, 0.05) is 10.0 Å². The maximum absolute atomic E-state index is 13.2. The Morgan fingerprint density at radius 2 is 1.50 bits per heavy atom. The number of benzene rings is 3. The van der Waals surface area contributed by atoms with Gasteiger partial charge in [0.05, 0.1) is 20.3 Å². The molecule has 7 nitrogen and oxygen atoms in total. The van der Waals surface area contributed by atoms with Gasteiger partial charge in [0.15, 0.2) is 18.1 Å². The highest BCUT2D eigenvalue weighted by molar-refractivity contribution is 9.10. The molecule has 2 amide bonds. The maximum atomic E-state index is 13.2. The zero-order valence-electron chi connectivity index (χ0n) is 17.6. The predicted molar refractivity (Wildman–Crippen MR) is 124 cm³/mol. The van der Waals surface area contributed by atoms with Gasteiger partial charge in [-0.15, -0.1) is 0 Å². The zero-order chi connectivity index (χ0) is 23.1. The van der Waals surface area contributed by atoms with Crippen LogP contribution in [-0.4, -0.2) is 32.6 Å². The van der Waals surface area contributed by atoms with E-state index in [-0.39, 0.29) is 35.8 Å². The molecule has 0 aromatic heterocycles. The second-order valence-electron chi connectivity index (χ2n) is 6.83. The fraction of sp³-hybridized carbons (Fsp3) is 0.167. The van der Waals surface area contributed by atoms with Crippen molar-refractivity contribution in [2.24, 2.45) is 5.73 Å². The lowest BCUT2D eigenvalue weighted by molar-refractivity contribution is -0.120. The van der Waals surface area contributed by atoms with E-state index in [9.17, 15) is 9.59 Å². The van der Waals surface area contributed by atoms with E-state index < -0.39 is 5.91 Å². The predicted octanol–water partition coefficient (Wildman–Crippen LogP) is 3.85. The van der Waals surface area contributed by atoms with Crippen LogP contribution in [0.2, 0.25) is 0 Å². The summed E-state index contributed by atoms with van der Waals surface area (Å²) in [6.45, 7) is -0.349. The summed E-state index contributed by atoms with van der Waals surface area (Å²) < 4.78 is 17.1. The first-order valence-corrected chi connectivity index (χ1v) is 10.5. The summed E-state index contributed by atoms with van der Waals surface area (Å²) in [5, 5.41) is 3.08. The zero-order valence-corrected chi connectivity index (χ0v) is 19.2. The van der Waals surface area contributed by atoms with E-state index in [1.54, 1.807) is 0 Å². The molecule has 1 unspecified atom stereocenters. The third kappa shape index (κ3) is 5.59. The maximum Gasteiger partial charge on any atom is 0.255 e. The van der Waals surface area contributed by atoms with Crippen LogP contribution in [0.25, 0.3) is 0 Å². The molecule has 0 aliphatic carbocycles. The van der Waals surface area contributed by atoms with Crippen molar-refractivity contribution in [3.8, 4) is 17.2 Å². The minimum absolute atomic E-state index is 0.192. The Morgan fingerprint density at radius 3 is 2.03 bits per heavy atom. The van der Waals surface area contributed by atoms with Crippen molar-refractivity contribution in [2.45, 2.75) is 6.04 Å². The number of amides is 2. The van der Waals surface area contributed by atoms with E-state index in [1.165, 1.54) is 26.4 Å².